The maximum atomic E-state index is 13.6. The second kappa shape index (κ2) is 5.96. The molecule has 0 saturated carbocycles. The first-order chi connectivity index (χ1) is 9.52. The maximum absolute atomic E-state index is 13.6. The predicted molar refractivity (Wildman–Crippen MR) is 68.4 cm³/mol. The van der Waals surface area contributed by atoms with Crippen molar-refractivity contribution in [1.29, 1.82) is 0 Å². The monoisotopic (exact) mass is 282 g/mol. The van der Waals surface area contributed by atoms with Gasteiger partial charge in [0.15, 0.2) is 11.6 Å². The van der Waals surface area contributed by atoms with Crippen LogP contribution < -0.4 is 4.74 Å². The Hall–Kier alpha value is -2.01. The molecule has 1 N–H and O–H groups in total. The molecule has 0 radical (unpaired) electrons. The van der Waals surface area contributed by atoms with Crippen molar-refractivity contribution in [1.82, 2.24) is 0 Å². The van der Waals surface area contributed by atoms with Crippen LogP contribution in [0, 0.1) is 5.82 Å². The highest BCUT2D eigenvalue weighted by Gasteiger charge is 2.15. The lowest BCUT2D eigenvalue weighted by Gasteiger charge is -2.13. The van der Waals surface area contributed by atoms with E-state index < -0.39 is 18.3 Å². The first-order valence-electron chi connectivity index (χ1n) is 5.92. The molecule has 2 aromatic rings. The molecular formula is C15H13F3O2. The van der Waals surface area contributed by atoms with Gasteiger partial charge in [-0.3, -0.25) is 0 Å². The summed E-state index contributed by atoms with van der Waals surface area (Å²) in [5.74, 6) is -0.559. The van der Waals surface area contributed by atoms with Gasteiger partial charge in [0.05, 0.1) is 7.11 Å². The summed E-state index contributed by atoms with van der Waals surface area (Å²) in [5.41, 5.74) is 0.373. The van der Waals surface area contributed by atoms with Crippen LogP contribution in [0.4, 0.5) is 13.2 Å². The van der Waals surface area contributed by atoms with E-state index in [1.807, 2.05) is 0 Å². The van der Waals surface area contributed by atoms with E-state index >= 15 is 0 Å². The van der Waals surface area contributed by atoms with Crippen LogP contribution in [0.25, 0.3) is 0 Å². The van der Waals surface area contributed by atoms with E-state index in [1.54, 1.807) is 0 Å². The van der Waals surface area contributed by atoms with Gasteiger partial charge in [-0.05, 0) is 29.3 Å². The van der Waals surface area contributed by atoms with Crippen molar-refractivity contribution in [2.75, 3.05) is 7.11 Å². The van der Waals surface area contributed by atoms with Crippen LogP contribution in [0.3, 0.4) is 0 Å². The summed E-state index contributed by atoms with van der Waals surface area (Å²) in [4.78, 5) is 0. The summed E-state index contributed by atoms with van der Waals surface area (Å²) in [6.07, 6.45) is -3.79. The number of aliphatic hydroxyl groups excluding tert-OH is 1. The molecule has 0 spiro atoms. The standard InChI is InChI=1S/C15H13F3O2/c1-20-13-6-5-10(8-12(13)16)14(19)9-3-2-4-11(7-9)15(17)18/h2-8,14-15,19H,1H3. The molecular weight excluding hydrogens is 269 g/mol. The molecule has 2 aromatic carbocycles. The Labute approximate surface area is 114 Å². The normalized spacial score (nSPS) is 12.5. The Kier molecular flexibility index (Phi) is 4.29. The molecule has 0 bridgehead atoms. The molecule has 0 heterocycles. The quantitative estimate of drug-likeness (QED) is 0.922. The highest BCUT2D eigenvalue weighted by Crippen LogP contribution is 2.28. The van der Waals surface area contributed by atoms with Crippen molar-refractivity contribution in [3.63, 3.8) is 0 Å². The van der Waals surface area contributed by atoms with Crippen molar-refractivity contribution in [3.8, 4) is 5.75 Å². The number of alkyl halides is 2. The fourth-order valence-corrected chi connectivity index (χ4v) is 1.91. The average Bonchev–Trinajstić information content (AvgIpc) is 2.46. The minimum Gasteiger partial charge on any atom is -0.494 e. The molecule has 0 aromatic heterocycles. The van der Waals surface area contributed by atoms with Crippen molar-refractivity contribution >= 4 is 0 Å². The fraction of sp³-hybridized carbons (Fsp3) is 0.200. The van der Waals surface area contributed by atoms with E-state index in [1.165, 1.54) is 43.5 Å². The lowest BCUT2D eigenvalue weighted by molar-refractivity contribution is 0.150. The van der Waals surface area contributed by atoms with E-state index in [4.69, 9.17) is 4.74 Å². The maximum Gasteiger partial charge on any atom is 0.263 e. The first kappa shape index (κ1) is 14.4. The van der Waals surface area contributed by atoms with Crippen LogP contribution in [0.1, 0.15) is 29.2 Å². The summed E-state index contributed by atoms with van der Waals surface area (Å²) in [6.45, 7) is 0. The molecule has 0 aliphatic heterocycles. The summed E-state index contributed by atoms with van der Waals surface area (Å²) in [5, 5.41) is 10.1. The molecule has 0 amide bonds. The molecule has 2 nitrogen and oxygen atoms in total. The van der Waals surface area contributed by atoms with Gasteiger partial charge in [0, 0.05) is 5.56 Å². The topological polar surface area (TPSA) is 29.5 Å². The zero-order chi connectivity index (χ0) is 14.7. The van der Waals surface area contributed by atoms with Gasteiger partial charge in [0.25, 0.3) is 6.43 Å². The summed E-state index contributed by atoms with van der Waals surface area (Å²) < 4.78 is 43.6. The van der Waals surface area contributed by atoms with E-state index in [-0.39, 0.29) is 22.4 Å². The fourth-order valence-electron chi connectivity index (χ4n) is 1.91. The number of ether oxygens (including phenoxy) is 1. The molecule has 1 atom stereocenters. The van der Waals surface area contributed by atoms with Gasteiger partial charge in [-0.1, -0.05) is 24.3 Å². The Morgan fingerprint density at radius 1 is 1.00 bits per heavy atom. The molecule has 1 unspecified atom stereocenters. The molecule has 2 rings (SSSR count). The first-order valence-corrected chi connectivity index (χ1v) is 5.92. The van der Waals surface area contributed by atoms with Gasteiger partial charge in [0.1, 0.15) is 6.10 Å². The second-order valence-corrected chi connectivity index (χ2v) is 4.27. The summed E-state index contributed by atoms with van der Waals surface area (Å²) in [7, 11) is 1.33. The third-order valence-corrected chi connectivity index (χ3v) is 2.97. The largest absolute Gasteiger partial charge is 0.494 e. The van der Waals surface area contributed by atoms with Gasteiger partial charge in [-0.2, -0.15) is 0 Å². The van der Waals surface area contributed by atoms with E-state index in [0.29, 0.717) is 0 Å². The highest BCUT2D eigenvalue weighted by molar-refractivity contribution is 5.36. The van der Waals surface area contributed by atoms with Crippen molar-refractivity contribution in [3.05, 3.63) is 65.0 Å². The molecule has 0 fully saturated rings. The molecule has 20 heavy (non-hydrogen) atoms. The van der Waals surface area contributed by atoms with Crippen LogP contribution >= 0.6 is 0 Å². The van der Waals surface area contributed by atoms with Gasteiger partial charge >= 0.3 is 0 Å². The number of hydrogen-bond acceptors (Lipinski definition) is 2. The average molecular weight is 282 g/mol. The van der Waals surface area contributed by atoms with Gasteiger partial charge in [-0.15, -0.1) is 0 Å². The SMILES string of the molecule is COc1ccc(C(O)c2cccc(C(F)F)c2)cc1F. The minimum absolute atomic E-state index is 0.0577. The summed E-state index contributed by atoms with van der Waals surface area (Å²) >= 11 is 0. The zero-order valence-corrected chi connectivity index (χ0v) is 10.7. The van der Waals surface area contributed by atoms with Crippen LogP contribution in [0.15, 0.2) is 42.5 Å². The Bertz CT molecular complexity index is 599. The molecule has 106 valence electrons. The number of benzene rings is 2. The van der Waals surface area contributed by atoms with Crippen molar-refractivity contribution in [2.45, 2.75) is 12.5 Å². The number of hydrogen-bond donors (Lipinski definition) is 1. The second-order valence-electron chi connectivity index (χ2n) is 4.27. The van der Waals surface area contributed by atoms with Crippen LogP contribution in [0.5, 0.6) is 5.75 Å². The smallest absolute Gasteiger partial charge is 0.263 e. The third kappa shape index (κ3) is 2.93. The highest BCUT2D eigenvalue weighted by atomic mass is 19.3. The molecule has 0 saturated heterocycles. The Morgan fingerprint density at radius 2 is 1.65 bits per heavy atom. The summed E-state index contributed by atoms with van der Waals surface area (Å²) in [6, 6.07) is 9.41. The number of aliphatic hydroxyl groups is 1. The lowest BCUT2D eigenvalue weighted by atomic mass is 9.99. The third-order valence-electron chi connectivity index (χ3n) is 2.97. The predicted octanol–water partition coefficient (Wildman–Crippen LogP) is 3.85. The molecule has 0 aliphatic carbocycles. The minimum atomic E-state index is -2.62. The van der Waals surface area contributed by atoms with E-state index in [0.717, 1.165) is 6.07 Å². The number of rotatable bonds is 4. The lowest BCUT2D eigenvalue weighted by Crippen LogP contribution is -2.02. The Balaban J connectivity index is 2.33. The van der Waals surface area contributed by atoms with Crippen molar-refractivity contribution in [2.24, 2.45) is 0 Å². The van der Waals surface area contributed by atoms with Gasteiger partial charge in [-0.25, -0.2) is 13.2 Å². The number of halogens is 3. The van der Waals surface area contributed by atoms with Gasteiger partial charge < -0.3 is 9.84 Å². The zero-order valence-electron chi connectivity index (χ0n) is 10.7. The molecule has 0 aliphatic rings. The van der Waals surface area contributed by atoms with Crippen LogP contribution in [0.2, 0.25) is 0 Å². The van der Waals surface area contributed by atoms with E-state index in [2.05, 4.69) is 0 Å². The van der Waals surface area contributed by atoms with Gasteiger partial charge in [0.2, 0.25) is 0 Å². The number of methoxy groups -OCH3 is 1. The molecule has 5 heteroatoms. The van der Waals surface area contributed by atoms with Crippen LogP contribution in [-0.4, -0.2) is 12.2 Å². The van der Waals surface area contributed by atoms with Crippen molar-refractivity contribution < 1.29 is 23.0 Å². The Morgan fingerprint density at radius 3 is 2.25 bits per heavy atom. The van der Waals surface area contributed by atoms with Crippen LogP contribution in [-0.2, 0) is 0 Å². The van der Waals surface area contributed by atoms with E-state index in [9.17, 15) is 18.3 Å².